The molecule has 1 aromatic heterocycles. The van der Waals surface area contributed by atoms with Crippen LogP contribution < -0.4 is 10.1 Å². The van der Waals surface area contributed by atoms with Gasteiger partial charge in [-0.1, -0.05) is 42.5 Å². The molecule has 2 heterocycles. The SMILES string of the molecule is COc1cccc([C@H]2C(C(=O)OCCc3ccccc3)=C(C)Nc3ncnn32)c1. The number of hydrogen-bond donors (Lipinski definition) is 1. The summed E-state index contributed by atoms with van der Waals surface area (Å²) in [4.78, 5) is 17.3. The Hall–Kier alpha value is -3.61. The Morgan fingerprint density at radius 1 is 1.17 bits per heavy atom. The topological polar surface area (TPSA) is 78.3 Å². The number of rotatable bonds is 6. The standard InChI is InChI=1S/C22H22N4O3/c1-15-19(21(27)29-12-11-16-7-4-3-5-8-16)20(26-22(25-15)23-14-24-26)17-9-6-10-18(13-17)28-2/h3-10,13-14,20H,11-12H2,1-2H3,(H,23,24,25)/t20-/m0/s1. The second-order valence-corrected chi connectivity index (χ2v) is 6.74. The molecule has 0 saturated heterocycles. The van der Waals surface area contributed by atoms with Gasteiger partial charge in [0.15, 0.2) is 0 Å². The minimum Gasteiger partial charge on any atom is -0.497 e. The molecule has 1 atom stereocenters. The zero-order valence-electron chi connectivity index (χ0n) is 16.3. The molecule has 7 nitrogen and oxygen atoms in total. The van der Waals surface area contributed by atoms with E-state index in [-0.39, 0.29) is 5.97 Å². The predicted molar refractivity (Wildman–Crippen MR) is 109 cm³/mol. The van der Waals surface area contributed by atoms with Crippen molar-refractivity contribution >= 4 is 11.9 Å². The van der Waals surface area contributed by atoms with Crippen molar-refractivity contribution in [1.29, 1.82) is 0 Å². The fraction of sp³-hybridized carbons (Fsp3) is 0.227. The number of ether oxygens (including phenoxy) is 2. The second kappa shape index (κ2) is 8.18. The molecule has 0 fully saturated rings. The van der Waals surface area contributed by atoms with Gasteiger partial charge in [0.25, 0.3) is 0 Å². The maximum absolute atomic E-state index is 13.1. The van der Waals surface area contributed by atoms with Crippen molar-refractivity contribution in [1.82, 2.24) is 14.8 Å². The van der Waals surface area contributed by atoms with Crippen molar-refractivity contribution in [2.24, 2.45) is 0 Å². The van der Waals surface area contributed by atoms with Crippen LogP contribution >= 0.6 is 0 Å². The van der Waals surface area contributed by atoms with Crippen molar-refractivity contribution in [2.45, 2.75) is 19.4 Å². The van der Waals surface area contributed by atoms with E-state index in [4.69, 9.17) is 9.47 Å². The molecule has 1 aliphatic heterocycles. The number of anilines is 1. The van der Waals surface area contributed by atoms with Crippen LogP contribution in [-0.4, -0.2) is 34.5 Å². The van der Waals surface area contributed by atoms with Crippen molar-refractivity contribution in [3.63, 3.8) is 0 Å². The fourth-order valence-corrected chi connectivity index (χ4v) is 3.46. The zero-order chi connectivity index (χ0) is 20.2. The lowest BCUT2D eigenvalue weighted by atomic mass is 9.95. The molecule has 1 N–H and O–H groups in total. The van der Waals surface area contributed by atoms with E-state index in [0.29, 0.717) is 36.0 Å². The lowest BCUT2D eigenvalue weighted by Gasteiger charge is -2.28. The van der Waals surface area contributed by atoms with Crippen LogP contribution in [0.4, 0.5) is 5.95 Å². The first-order valence-electron chi connectivity index (χ1n) is 9.39. The molecule has 1 aliphatic rings. The quantitative estimate of drug-likeness (QED) is 0.650. The van der Waals surface area contributed by atoms with Gasteiger partial charge < -0.3 is 14.8 Å². The van der Waals surface area contributed by atoms with E-state index in [1.807, 2.05) is 61.5 Å². The number of allylic oxidation sites excluding steroid dienone is 1. The highest BCUT2D eigenvalue weighted by Gasteiger charge is 2.34. The summed E-state index contributed by atoms with van der Waals surface area (Å²) in [6.45, 7) is 2.15. The van der Waals surface area contributed by atoms with Gasteiger partial charge in [-0.3, -0.25) is 0 Å². The minimum absolute atomic E-state index is 0.300. The Labute approximate surface area is 169 Å². The molecule has 0 radical (unpaired) electrons. The average molecular weight is 390 g/mol. The minimum atomic E-state index is -0.451. The van der Waals surface area contributed by atoms with Crippen molar-refractivity contribution in [2.75, 3.05) is 19.0 Å². The largest absolute Gasteiger partial charge is 0.497 e. The second-order valence-electron chi connectivity index (χ2n) is 6.74. The van der Waals surface area contributed by atoms with E-state index in [1.165, 1.54) is 6.33 Å². The number of carbonyl (C=O) groups excluding carboxylic acids is 1. The number of carbonyl (C=O) groups is 1. The van der Waals surface area contributed by atoms with Crippen LogP contribution in [0.2, 0.25) is 0 Å². The molecular formula is C22H22N4O3. The number of nitrogens with one attached hydrogen (secondary N) is 1. The predicted octanol–water partition coefficient (Wildman–Crippen LogP) is 3.36. The van der Waals surface area contributed by atoms with Gasteiger partial charge in [-0.25, -0.2) is 9.48 Å². The maximum Gasteiger partial charge on any atom is 0.338 e. The molecule has 0 bridgehead atoms. The first kappa shape index (κ1) is 18.7. The summed E-state index contributed by atoms with van der Waals surface area (Å²) in [6, 6.07) is 17.1. The number of nitrogens with zero attached hydrogens (tertiary/aromatic N) is 3. The van der Waals surface area contributed by atoms with E-state index in [1.54, 1.807) is 11.8 Å². The first-order valence-corrected chi connectivity index (χ1v) is 9.39. The molecule has 148 valence electrons. The summed E-state index contributed by atoms with van der Waals surface area (Å²) in [7, 11) is 1.61. The number of esters is 1. The van der Waals surface area contributed by atoms with Gasteiger partial charge in [-0.2, -0.15) is 10.1 Å². The van der Waals surface area contributed by atoms with Crippen molar-refractivity contribution < 1.29 is 14.3 Å². The molecule has 0 unspecified atom stereocenters. The molecule has 0 spiro atoms. The van der Waals surface area contributed by atoms with Gasteiger partial charge in [-0.05, 0) is 30.2 Å². The van der Waals surface area contributed by atoms with Crippen LogP contribution in [0.5, 0.6) is 5.75 Å². The van der Waals surface area contributed by atoms with E-state index in [0.717, 1.165) is 11.1 Å². The molecule has 7 heteroatoms. The molecule has 29 heavy (non-hydrogen) atoms. The zero-order valence-corrected chi connectivity index (χ0v) is 16.3. The maximum atomic E-state index is 13.1. The third kappa shape index (κ3) is 3.85. The molecular weight excluding hydrogens is 368 g/mol. The van der Waals surface area contributed by atoms with E-state index in [9.17, 15) is 4.79 Å². The van der Waals surface area contributed by atoms with Gasteiger partial charge in [-0.15, -0.1) is 0 Å². The molecule has 0 aliphatic carbocycles. The van der Waals surface area contributed by atoms with Gasteiger partial charge >= 0.3 is 5.97 Å². The third-order valence-corrected chi connectivity index (χ3v) is 4.89. The highest BCUT2D eigenvalue weighted by Crippen LogP contribution is 2.36. The Balaban J connectivity index is 1.61. The van der Waals surface area contributed by atoms with Crippen LogP contribution in [0, 0.1) is 0 Å². The smallest absolute Gasteiger partial charge is 0.338 e. The highest BCUT2D eigenvalue weighted by molar-refractivity contribution is 5.92. The van der Waals surface area contributed by atoms with Gasteiger partial charge in [0.2, 0.25) is 5.95 Å². The van der Waals surface area contributed by atoms with Gasteiger partial charge in [0, 0.05) is 12.1 Å². The molecule has 4 rings (SSSR count). The Morgan fingerprint density at radius 3 is 2.79 bits per heavy atom. The summed E-state index contributed by atoms with van der Waals surface area (Å²) >= 11 is 0. The Kier molecular flexibility index (Phi) is 5.29. The summed E-state index contributed by atoms with van der Waals surface area (Å²) in [5.74, 6) is 0.910. The Bertz CT molecular complexity index is 1040. The van der Waals surface area contributed by atoms with Crippen LogP contribution in [0.15, 0.2) is 72.2 Å². The lowest BCUT2D eigenvalue weighted by molar-refractivity contribution is -0.139. The monoisotopic (exact) mass is 390 g/mol. The van der Waals surface area contributed by atoms with Gasteiger partial charge in [0.1, 0.15) is 18.1 Å². The molecule has 3 aromatic rings. The number of fused-ring (bicyclic) bond motifs is 1. The van der Waals surface area contributed by atoms with Crippen molar-refractivity contribution in [3.8, 4) is 5.75 Å². The third-order valence-electron chi connectivity index (χ3n) is 4.89. The number of benzene rings is 2. The van der Waals surface area contributed by atoms with Crippen LogP contribution in [0.1, 0.15) is 24.1 Å². The molecule has 2 aromatic carbocycles. The lowest BCUT2D eigenvalue weighted by Crippen LogP contribution is -2.30. The van der Waals surface area contributed by atoms with Crippen LogP contribution in [-0.2, 0) is 16.0 Å². The van der Waals surface area contributed by atoms with Gasteiger partial charge in [0.05, 0.1) is 19.3 Å². The summed E-state index contributed by atoms with van der Waals surface area (Å²) in [5, 5.41) is 7.47. The van der Waals surface area contributed by atoms with E-state index in [2.05, 4.69) is 15.4 Å². The van der Waals surface area contributed by atoms with E-state index < -0.39 is 6.04 Å². The highest BCUT2D eigenvalue weighted by atomic mass is 16.5. The number of aromatic nitrogens is 3. The fourth-order valence-electron chi connectivity index (χ4n) is 3.46. The number of methoxy groups -OCH3 is 1. The first-order chi connectivity index (χ1) is 14.2. The molecule has 0 amide bonds. The number of hydrogen-bond acceptors (Lipinski definition) is 6. The summed E-state index contributed by atoms with van der Waals surface area (Å²) in [5.41, 5.74) is 3.19. The average Bonchev–Trinajstić information content (AvgIpc) is 3.21. The summed E-state index contributed by atoms with van der Waals surface area (Å²) in [6.07, 6.45) is 2.12. The van der Waals surface area contributed by atoms with Crippen LogP contribution in [0.3, 0.4) is 0 Å². The Morgan fingerprint density at radius 2 is 2.00 bits per heavy atom. The van der Waals surface area contributed by atoms with Crippen LogP contribution in [0.25, 0.3) is 0 Å². The molecule has 0 saturated carbocycles. The van der Waals surface area contributed by atoms with Crippen molar-refractivity contribution in [3.05, 3.63) is 83.3 Å². The normalized spacial score (nSPS) is 15.4. The summed E-state index contributed by atoms with van der Waals surface area (Å²) < 4.78 is 12.7. The van der Waals surface area contributed by atoms with E-state index >= 15 is 0 Å².